The number of anilines is 2. The van der Waals surface area contributed by atoms with Gasteiger partial charge >= 0.3 is 0 Å². The Morgan fingerprint density at radius 1 is 1.45 bits per heavy atom. The first-order valence-corrected chi connectivity index (χ1v) is 6.20. The first-order chi connectivity index (χ1) is 9.30. The summed E-state index contributed by atoms with van der Waals surface area (Å²) in [5.41, 5.74) is 6.44. The number of nitrogens with two attached hydrogens (primary N) is 1. The van der Waals surface area contributed by atoms with Crippen LogP contribution >= 0.6 is 0 Å². The monoisotopic (exact) mass is 279 g/mol. The number of amides is 1. The van der Waals surface area contributed by atoms with Gasteiger partial charge in [0.2, 0.25) is 5.91 Å². The average molecular weight is 279 g/mol. The highest BCUT2D eigenvalue weighted by atomic mass is 16.6. The molecule has 0 bridgehead atoms. The van der Waals surface area contributed by atoms with Crippen LogP contribution in [0.25, 0.3) is 0 Å². The SMILES string of the molecule is COCCN1C(=O)C(C)(C)c2c(N)cc([N+](=O)[O-])cc21. The number of nitrogens with zero attached hydrogens (tertiary/aromatic N) is 2. The average Bonchev–Trinajstić information content (AvgIpc) is 2.56. The summed E-state index contributed by atoms with van der Waals surface area (Å²) in [6.45, 7) is 4.22. The van der Waals surface area contributed by atoms with E-state index < -0.39 is 10.3 Å². The van der Waals surface area contributed by atoms with Gasteiger partial charge in [-0.15, -0.1) is 0 Å². The van der Waals surface area contributed by atoms with E-state index in [0.29, 0.717) is 24.4 Å². The number of hydrogen-bond donors (Lipinski definition) is 1. The predicted molar refractivity (Wildman–Crippen MR) is 74.8 cm³/mol. The van der Waals surface area contributed by atoms with E-state index in [2.05, 4.69) is 0 Å². The molecule has 0 aromatic heterocycles. The molecule has 0 fully saturated rings. The molecule has 108 valence electrons. The summed E-state index contributed by atoms with van der Waals surface area (Å²) in [5.74, 6) is -0.128. The molecule has 1 heterocycles. The molecule has 0 saturated carbocycles. The number of rotatable bonds is 4. The summed E-state index contributed by atoms with van der Waals surface area (Å²) in [4.78, 5) is 24.4. The van der Waals surface area contributed by atoms with Crippen LogP contribution in [0.1, 0.15) is 19.4 Å². The Balaban J connectivity index is 2.60. The summed E-state index contributed by atoms with van der Waals surface area (Å²) in [6, 6.07) is 2.70. The van der Waals surface area contributed by atoms with E-state index >= 15 is 0 Å². The van der Waals surface area contributed by atoms with Gasteiger partial charge in [0.05, 0.1) is 22.6 Å². The Kier molecular flexibility index (Phi) is 3.39. The third-order valence-corrected chi connectivity index (χ3v) is 3.56. The molecule has 2 rings (SSSR count). The number of nitrogen functional groups attached to an aromatic ring is 1. The van der Waals surface area contributed by atoms with Gasteiger partial charge in [-0.1, -0.05) is 0 Å². The molecule has 1 aromatic rings. The van der Waals surface area contributed by atoms with Crippen molar-refractivity contribution < 1.29 is 14.5 Å². The van der Waals surface area contributed by atoms with Crippen LogP contribution in [0.15, 0.2) is 12.1 Å². The number of hydrogen-bond acceptors (Lipinski definition) is 5. The molecule has 0 aliphatic carbocycles. The standard InChI is InChI=1S/C13H17N3O4/c1-13(2)11-9(14)6-8(16(18)19)7-10(11)15(12(13)17)4-5-20-3/h6-7H,4-5,14H2,1-3H3. The second kappa shape index (κ2) is 4.75. The minimum Gasteiger partial charge on any atom is -0.398 e. The third-order valence-electron chi connectivity index (χ3n) is 3.56. The molecule has 0 saturated heterocycles. The molecule has 2 N–H and O–H groups in total. The van der Waals surface area contributed by atoms with Crippen LogP contribution < -0.4 is 10.6 Å². The largest absolute Gasteiger partial charge is 0.398 e. The summed E-state index contributed by atoms with van der Waals surface area (Å²) in [6.07, 6.45) is 0. The molecule has 0 atom stereocenters. The van der Waals surface area contributed by atoms with Crippen LogP contribution in [0.3, 0.4) is 0 Å². The fourth-order valence-corrected chi connectivity index (χ4v) is 2.59. The van der Waals surface area contributed by atoms with E-state index in [1.807, 2.05) is 0 Å². The van der Waals surface area contributed by atoms with Crippen LogP contribution in [0.2, 0.25) is 0 Å². The van der Waals surface area contributed by atoms with Crippen LogP contribution in [0.4, 0.5) is 17.1 Å². The van der Waals surface area contributed by atoms with Gasteiger partial charge in [-0.05, 0) is 13.8 Å². The van der Waals surface area contributed by atoms with E-state index in [1.54, 1.807) is 13.8 Å². The molecule has 7 nitrogen and oxygen atoms in total. The molecular formula is C13H17N3O4. The fourth-order valence-electron chi connectivity index (χ4n) is 2.59. The predicted octanol–water partition coefficient (Wildman–Crippen LogP) is 1.45. The highest BCUT2D eigenvalue weighted by Gasteiger charge is 2.46. The van der Waals surface area contributed by atoms with E-state index in [1.165, 1.54) is 24.1 Å². The van der Waals surface area contributed by atoms with Gasteiger partial charge in [0.15, 0.2) is 0 Å². The third kappa shape index (κ3) is 2.00. The van der Waals surface area contributed by atoms with E-state index in [-0.39, 0.29) is 17.3 Å². The highest BCUT2D eigenvalue weighted by molar-refractivity contribution is 6.09. The maximum absolute atomic E-state index is 12.5. The number of methoxy groups -OCH3 is 1. The van der Waals surface area contributed by atoms with Gasteiger partial charge in [0.1, 0.15) is 0 Å². The van der Waals surface area contributed by atoms with E-state index in [0.717, 1.165) is 0 Å². The van der Waals surface area contributed by atoms with Crippen LogP contribution in [0.5, 0.6) is 0 Å². The Morgan fingerprint density at radius 3 is 2.65 bits per heavy atom. The van der Waals surface area contributed by atoms with E-state index in [4.69, 9.17) is 10.5 Å². The normalized spacial score (nSPS) is 16.4. The number of carbonyl (C=O) groups is 1. The van der Waals surface area contributed by atoms with Crippen molar-refractivity contribution in [2.45, 2.75) is 19.3 Å². The van der Waals surface area contributed by atoms with Crippen LogP contribution in [0, 0.1) is 10.1 Å². The summed E-state index contributed by atoms with van der Waals surface area (Å²) in [5, 5.41) is 10.9. The highest BCUT2D eigenvalue weighted by Crippen LogP contribution is 2.46. The van der Waals surface area contributed by atoms with Crippen molar-refractivity contribution in [3.63, 3.8) is 0 Å². The number of fused-ring (bicyclic) bond motifs is 1. The number of ether oxygens (including phenoxy) is 1. The van der Waals surface area contributed by atoms with Gasteiger partial charge in [-0.3, -0.25) is 14.9 Å². The van der Waals surface area contributed by atoms with Crippen molar-refractivity contribution in [2.75, 3.05) is 30.9 Å². The lowest BCUT2D eigenvalue weighted by Gasteiger charge is -2.19. The van der Waals surface area contributed by atoms with Crippen molar-refractivity contribution in [1.29, 1.82) is 0 Å². The fraction of sp³-hybridized carbons (Fsp3) is 0.462. The van der Waals surface area contributed by atoms with Crippen molar-refractivity contribution >= 4 is 23.0 Å². The maximum atomic E-state index is 12.5. The molecule has 1 aromatic carbocycles. The zero-order valence-corrected chi connectivity index (χ0v) is 11.7. The Bertz CT molecular complexity index is 583. The first-order valence-electron chi connectivity index (χ1n) is 6.20. The first kappa shape index (κ1) is 14.3. The van der Waals surface area contributed by atoms with Gasteiger partial charge in [-0.2, -0.15) is 0 Å². The Labute approximate surface area is 116 Å². The zero-order chi connectivity index (χ0) is 15.1. The summed E-state index contributed by atoms with van der Waals surface area (Å²) < 4.78 is 4.98. The quantitative estimate of drug-likeness (QED) is 0.511. The number of benzene rings is 1. The lowest BCUT2D eigenvalue weighted by atomic mass is 9.85. The van der Waals surface area contributed by atoms with Crippen LogP contribution in [-0.4, -0.2) is 31.1 Å². The molecule has 0 radical (unpaired) electrons. The molecule has 1 amide bonds. The van der Waals surface area contributed by atoms with Crippen molar-refractivity contribution in [3.8, 4) is 0 Å². The molecule has 0 unspecified atom stereocenters. The van der Waals surface area contributed by atoms with Crippen molar-refractivity contribution in [3.05, 3.63) is 27.8 Å². The lowest BCUT2D eigenvalue weighted by Crippen LogP contribution is -2.38. The Morgan fingerprint density at radius 2 is 2.10 bits per heavy atom. The molecule has 1 aliphatic rings. The van der Waals surface area contributed by atoms with Crippen molar-refractivity contribution in [1.82, 2.24) is 0 Å². The summed E-state index contributed by atoms with van der Waals surface area (Å²) in [7, 11) is 1.54. The second-order valence-electron chi connectivity index (χ2n) is 5.26. The maximum Gasteiger partial charge on any atom is 0.273 e. The lowest BCUT2D eigenvalue weighted by molar-refractivity contribution is -0.384. The van der Waals surface area contributed by atoms with Gasteiger partial charge in [0, 0.05) is 37.0 Å². The molecule has 20 heavy (non-hydrogen) atoms. The number of carbonyl (C=O) groups excluding carboxylic acids is 1. The number of non-ortho nitro benzene ring substituents is 1. The number of nitro groups is 1. The van der Waals surface area contributed by atoms with E-state index in [9.17, 15) is 14.9 Å². The topological polar surface area (TPSA) is 98.7 Å². The smallest absolute Gasteiger partial charge is 0.273 e. The minimum atomic E-state index is -0.789. The number of nitro benzene ring substituents is 1. The Hall–Kier alpha value is -2.15. The zero-order valence-electron chi connectivity index (χ0n) is 11.7. The van der Waals surface area contributed by atoms with Gasteiger partial charge in [-0.25, -0.2) is 0 Å². The molecule has 1 aliphatic heterocycles. The minimum absolute atomic E-state index is 0.117. The molecule has 0 spiro atoms. The van der Waals surface area contributed by atoms with Crippen LogP contribution in [-0.2, 0) is 14.9 Å². The van der Waals surface area contributed by atoms with Gasteiger partial charge in [0.25, 0.3) is 5.69 Å². The van der Waals surface area contributed by atoms with Crippen molar-refractivity contribution in [2.24, 2.45) is 0 Å². The second-order valence-corrected chi connectivity index (χ2v) is 5.26. The summed E-state index contributed by atoms with van der Waals surface area (Å²) >= 11 is 0. The molecular weight excluding hydrogens is 262 g/mol. The molecule has 7 heteroatoms. The van der Waals surface area contributed by atoms with Gasteiger partial charge < -0.3 is 15.4 Å².